The predicted molar refractivity (Wildman–Crippen MR) is 131 cm³/mol. The molecular weight excluding hydrogens is 460 g/mol. The molecule has 0 spiro atoms. The van der Waals surface area contributed by atoms with Gasteiger partial charge in [-0.2, -0.15) is 4.31 Å². The summed E-state index contributed by atoms with van der Waals surface area (Å²) in [7, 11) is -1.97. The summed E-state index contributed by atoms with van der Waals surface area (Å²) in [5.41, 5.74) is 0.731. The number of fused-ring (bicyclic) bond motifs is 1. The molecule has 2 saturated heterocycles. The number of piperidine rings is 2. The summed E-state index contributed by atoms with van der Waals surface area (Å²) in [6.45, 7) is 6.94. The molecule has 2 aliphatic heterocycles. The summed E-state index contributed by atoms with van der Waals surface area (Å²) < 4.78 is 29.9. The van der Waals surface area contributed by atoms with Gasteiger partial charge in [-0.3, -0.25) is 9.59 Å². The van der Waals surface area contributed by atoms with E-state index in [1.54, 1.807) is 25.2 Å². The molecule has 1 N–H and O–H groups in total. The van der Waals surface area contributed by atoms with E-state index in [0.717, 1.165) is 48.8 Å². The molecule has 33 heavy (non-hydrogen) atoms. The van der Waals surface area contributed by atoms with Crippen molar-refractivity contribution in [1.29, 1.82) is 0 Å². The van der Waals surface area contributed by atoms with Gasteiger partial charge in [-0.05, 0) is 69.3 Å². The molecule has 1 aromatic heterocycles. The number of thiazole rings is 1. The Bertz CT molecular complexity index is 1150. The van der Waals surface area contributed by atoms with Gasteiger partial charge in [0.1, 0.15) is 0 Å². The fraction of sp³-hybridized carbons (Fsp3) is 0.652. The highest BCUT2D eigenvalue weighted by molar-refractivity contribution is 7.89. The Labute approximate surface area is 199 Å². The Balaban J connectivity index is 1.26. The van der Waals surface area contributed by atoms with Crippen molar-refractivity contribution in [2.45, 2.75) is 43.9 Å². The van der Waals surface area contributed by atoms with Crippen LogP contribution in [0, 0.1) is 11.8 Å². The molecule has 1 amide bonds. The van der Waals surface area contributed by atoms with Gasteiger partial charge < -0.3 is 14.8 Å². The second-order valence-electron chi connectivity index (χ2n) is 9.43. The van der Waals surface area contributed by atoms with Crippen LogP contribution in [0.5, 0.6) is 0 Å². The van der Waals surface area contributed by atoms with Crippen molar-refractivity contribution in [3.05, 3.63) is 27.9 Å². The van der Waals surface area contributed by atoms with Gasteiger partial charge in [0, 0.05) is 39.1 Å². The first kappa shape index (κ1) is 24.4. The molecule has 3 heterocycles. The zero-order valence-corrected chi connectivity index (χ0v) is 21.1. The first-order valence-electron chi connectivity index (χ1n) is 11.9. The van der Waals surface area contributed by atoms with Crippen molar-refractivity contribution in [1.82, 2.24) is 19.1 Å². The number of hydrogen-bond donors (Lipinski definition) is 1. The number of hydrogen-bond acceptors (Lipinski definition) is 6. The summed E-state index contributed by atoms with van der Waals surface area (Å²) in [5, 5.41) is 3.05. The molecule has 2 aliphatic rings. The maximum absolute atomic E-state index is 13.1. The van der Waals surface area contributed by atoms with Gasteiger partial charge in [0.15, 0.2) is 0 Å². The number of rotatable bonds is 7. The molecule has 0 bridgehead atoms. The van der Waals surface area contributed by atoms with Crippen LogP contribution in [-0.2, 0) is 21.9 Å². The van der Waals surface area contributed by atoms with Gasteiger partial charge in [-0.15, -0.1) is 0 Å². The average molecular weight is 495 g/mol. The number of aromatic nitrogens is 1. The highest BCUT2D eigenvalue weighted by atomic mass is 32.2. The normalized spacial score (nSPS) is 21.5. The molecular formula is C23H34N4O4S2. The van der Waals surface area contributed by atoms with Crippen LogP contribution in [0.1, 0.15) is 39.0 Å². The molecule has 2 fully saturated rings. The summed E-state index contributed by atoms with van der Waals surface area (Å²) in [4.78, 5) is 27.0. The van der Waals surface area contributed by atoms with Crippen molar-refractivity contribution < 1.29 is 13.2 Å². The second kappa shape index (κ2) is 10.2. The molecule has 4 rings (SSSR count). The summed E-state index contributed by atoms with van der Waals surface area (Å²) in [6.07, 6.45) is 4.56. The number of sulfonamides is 1. The molecule has 0 unspecified atom stereocenters. The smallest absolute Gasteiger partial charge is 0.307 e. The number of nitrogens with one attached hydrogen (secondary N) is 1. The monoisotopic (exact) mass is 494 g/mol. The van der Waals surface area contributed by atoms with E-state index in [1.807, 2.05) is 0 Å². The van der Waals surface area contributed by atoms with E-state index in [-0.39, 0.29) is 21.6 Å². The molecule has 2 aromatic rings. The third-order valence-corrected chi connectivity index (χ3v) is 9.81. The number of carbonyl (C=O) groups is 1. The zero-order valence-electron chi connectivity index (χ0n) is 19.5. The van der Waals surface area contributed by atoms with Crippen LogP contribution in [0.2, 0.25) is 0 Å². The van der Waals surface area contributed by atoms with E-state index in [1.165, 1.54) is 21.7 Å². The third kappa shape index (κ3) is 5.50. The van der Waals surface area contributed by atoms with E-state index < -0.39 is 10.0 Å². The largest absolute Gasteiger partial charge is 0.356 e. The highest BCUT2D eigenvalue weighted by Crippen LogP contribution is 2.27. The van der Waals surface area contributed by atoms with Gasteiger partial charge in [-0.1, -0.05) is 18.3 Å². The fourth-order valence-electron chi connectivity index (χ4n) is 4.93. The predicted octanol–water partition coefficient (Wildman–Crippen LogP) is 2.24. The lowest BCUT2D eigenvalue weighted by atomic mass is 9.97. The maximum Gasteiger partial charge on any atom is 0.307 e. The molecule has 182 valence electrons. The molecule has 0 radical (unpaired) electrons. The summed E-state index contributed by atoms with van der Waals surface area (Å²) in [6, 6.07) is 4.83. The standard InChI is InChI=1S/C23H34N4O4S2/c1-17-5-3-11-26(16-17)12-4-10-24-22(28)18-8-13-27(14-9-18)33(30,31)19-6-7-20-21(15-19)32-23(29)25(20)2/h6-7,15,17-18H,3-5,8-14,16H2,1-2H3,(H,24,28)/t17-/m0/s1. The number of aryl methyl sites for hydroxylation is 1. The summed E-state index contributed by atoms with van der Waals surface area (Å²) in [5.74, 6) is 0.650. The molecule has 1 atom stereocenters. The lowest BCUT2D eigenvalue weighted by molar-refractivity contribution is -0.126. The fourth-order valence-corrected chi connectivity index (χ4v) is 7.42. The van der Waals surface area contributed by atoms with Crippen LogP contribution in [0.25, 0.3) is 10.2 Å². The van der Waals surface area contributed by atoms with Gasteiger partial charge in [-0.25, -0.2) is 8.42 Å². The number of carbonyl (C=O) groups excluding carboxylic acids is 1. The Hall–Kier alpha value is -1.75. The molecule has 1 aromatic carbocycles. The molecule has 0 saturated carbocycles. The molecule has 8 nitrogen and oxygen atoms in total. The topological polar surface area (TPSA) is 91.7 Å². The number of benzene rings is 1. The van der Waals surface area contributed by atoms with Crippen molar-refractivity contribution >= 4 is 37.5 Å². The first-order chi connectivity index (χ1) is 15.8. The first-order valence-corrected chi connectivity index (χ1v) is 14.1. The number of likely N-dealkylation sites (tertiary alicyclic amines) is 1. The van der Waals surface area contributed by atoms with Crippen molar-refractivity contribution in [3.63, 3.8) is 0 Å². The van der Waals surface area contributed by atoms with E-state index in [2.05, 4.69) is 17.1 Å². The lowest BCUT2D eigenvalue weighted by Gasteiger charge is -2.31. The number of amides is 1. The van der Waals surface area contributed by atoms with Gasteiger partial charge in [0.25, 0.3) is 0 Å². The lowest BCUT2D eigenvalue weighted by Crippen LogP contribution is -2.43. The van der Waals surface area contributed by atoms with Gasteiger partial charge in [0.2, 0.25) is 15.9 Å². The van der Waals surface area contributed by atoms with Crippen LogP contribution >= 0.6 is 11.3 Å². The van der Waals surface area contributed by atoms with Crippen molar-refractivity contribution in [3.8, 4) is 0 Å². The zero-order chi connectivity index (χ0) is 23.6. The minimum absolute atomic E-state index is 0.0366. The van der Waals surface area contributed by atoms with Crippen molar-refractivity contribution in [2.24, 2.45) is 18.9 Å². The van der Waals surface area contributed by atoms with Crippen LogP contribution in [-0.4, -0.2) is 67.4 Å². The van der Waals surface area contributed by atoms with Gasteiger partial charge in [0.05, 0.1) is 15.1 Å². The van der Waals surface area contributed by atoms with Gasteiger partial charge >= 0.3 is 4.87 Å². The Morgan fingerprint density at radius 2 is 1.94 bits per heavy atom. The van der Waals surface area contributed by atoms with Crippen LogP contribution in [0.15, 0.2) is 27.9 Å². The minimum atomic E-state index is -3.65. The summed E-state index contributed by atoms with van der Waals surface area (Å²) >= 11 is 1.05. The molecule has 10 heteroatoms. The van der Waals surface area contributed by atoms with Crippen LogP contribution < -0.4 is 10.2 Å². The molecule has 0 aliphatic carbocycles. The van der Waals surface area contributed by atoms with E-state index in [0.29, 0.717) is 37.2 Å². The number of nitrogens with zero attached hydrogens (tertiary/aromatic N) is 3. The second-order valence-corrected chi connectivity index (χ2v) is 12.4. The SMILES string of the molecule is C[C@H]1CCCN(CCCNC(=O)C2CCN(S(=O)(=O)c3ccc4c(c3)sc(=O)n4C)CC2)C1. The highest BCUT2D eigenvalue weighted by Gasteiger charge is 2.32. The Morgan fingerprint density at radius 3 is 2.67 bits per heavy atom. The Kier molecular flexibility index (Phi) is 7.57. The van der Waals surface area contributed by atoms with E-state index in [4.69, 9.17) is 0 Å². The minimum Gasteiger partial charge on any atom is -0.356 e. The average Bonchev–Trinajstić information content (AvgIpc) is 3.09. The van der Waals surface area contributed by atoms with E-state index >= 15 is 0 Å². The maximum atomic E-state index is 13.1. The van der Waals surface area contributed by atoms with Crippen molar-refractivity contribution in [2.75, 3.05) is 39.3 Å². The third-order valence-electron chi connectivity index (χ3n) is 6.92. The van der Waals surface area contributed by atoms with Crippen LogP contribution in [0.4, 0.5) is 0 Å². The van der Waals surface area contributed by atoms with E-state index in [9.17, 15) is 18.0 Å². The van der Waals surface area contributed by atoms with Crippen LogP contribution in [0.3, 0.4) is 0 Å². The Morgan fingerprint density at radius 1 is 1.18 bits per heavy atom. The quantitative estimate of drug-likeness (QED) is 0.596.